The van der Waals surface area contributed by atoms with Crippen LogP contribution in [0.15, 0.2) is 48.5 Å². The summed E-state index contributed by atoms with van der Waals surface area (Å²) < 4.78 is 38.1. The molecule has 0 aromatic heterocycles. The molecule has 2 aromatic carbocycles. The molecule has 1 heterocycles. The van der Waals surface area contributed by atoms with Crippen LogP contribution in [0.4, 0.5) is 24.5 Å². The SMILES string of the molecule is N#CCC(=O)Nc1ccc(C(=O)N2CCN(c3ccc(C(F)(F)F)cc3)CC2)cc1. The Balaban J connectivity index is 1.56. The molecule has 1 fully saturated rings. The Morgan fingerprint density at radius 2 is 1.57 bits per heavy atom. The Kier molecular flexibility index (Phi) is 6.26. The van der Waals surface area contributed by atoms with Crippen molar-refractivity contribution >= 4 is 23.2 Å². The van der Waals surface area contributed by atoms with E-state index in [1.165, 1.54) is 12.1 Å². The monoisotopic (exact) mass is 416 g/mol. The van der Waals surface area contributed by atoms with Crippen LogP contribution in [0.5, 0.6) is 0 Å². The van der Waals surface area contributed by atoms with Gasteiger partial charge in [0.25, 0.3) is 5.91 Å². The molecule has 2 aromatic rings. The van der Waals surface area contributed by atoms with E-state index in [0.29, 0.717) is 43.1 Å². The zero-order chi connectivity index (χ0) is 21.7. The van der Waals surface area contributed by atoms with Crippen LogP contribution >= 0.6 is 0 Å². The van der Waals surface area contributed by atoms with Gasteiger partial charge in [-0.25, -0.2) is 0 Å². The third-order valence-electron chi connectivity index (χ3n) is 4.78. The van der Waals surface area contributed by atoms with Gasteiger partial charge in [-0.05, 0) is 48.5 Å². The second kappa shape index (κ2) is 8.86. The molecule has 1 N–H and O–H groups in total. The van der Waals surface area contributed by atoms with Gasteiger partial charge in [-0.2, -0.15) is 18.4 Å². The number of alkyl halides is 3. The summed E-state index contributed by atoms with van der Waals surface area (Å²) in [6.45, 7) is 1.92. The number of anilines is 2. The third-order valence-corrected chi connectivity index (χ3v) is 4.78. The van der Waals surface area contributed by atoms with Crippen molar-refractivity contribution < 1.29 is 22.8 Å². The molecule has 0 bridgehead atoms. The van der Waals surface area contributed by atoms with Crippen LogP contribution in [0.2, 0.25) is 0 Å². The van der Waals surface area contributed by atoms with Gasteiger partial charge in [-0.15, -0.1) is 0 Å². The molecule has 9 heteroatoms. The minimum absolute atomic E-state index is 0.156. The van der Waals surface area contributed by atoms with Crippen molar-refractivity contribution in [1.82, 2.24) is 4.90 Å². The first-order valence-corrected chi connectivity index (χ1v) is 9.26. The van der Waals surface area contributed by atoms with E-state index in [4.69, 9.17) is 5.26 Å². The second-order valence-corrected chi connectivity index (χ2v) is 6.78. The van der Waals surface area contributed by atoms with E-state index in [1.54, 1.807) is 35.2 Å². The van der Waals surface area contributed by atoms with Crippen molar-refractivity contribution in [2.45, 2.75) is 12.6 Å². The Hall–Kier alpha value is -3.54. The van der Waals surface area contributed by atoms with E-state index in [1.807, 2.05) is 4.90 Å². The molecular formula is C21H19F3N4O2. The Labute approximate surface area is 171 Å². The molecule has 6 nitrogen and oxygen atoms in total. The number of amides is 2. The maximum Gasteiger partial charge on any atom is 0.416 e. The van der Waals surface area contributed by atoms with Crippen molar-refractivity contribution in [3.63, 3.8) is 0 Å². The lowest BCUT2D eigenvalue weighted by atomic mass is 10.1. The fourth-order valence-electron chi connectivity index (χ4n) is 3.18. The predicted octanol–water partition coefficient (Wildman–Crippen LogP) is 3.52. The number of carbonyl (C=O) groups excluding carboxylic acids is 2. The minimum atomic E-state index is -4.36. The number of rotatable bonds is 4. The second-order valence-electron chi connectivity index (χ2n) is 6.78. The molecule has 3 rings (SSSR count). The number of hydrogen-bond donors (Lipinski definition) is 1. The van der Waals surface area contributed by atoms with Crippen molar-refractivity contribution in [2.75, 3.05) is 36.4 Å². The summed E-state index contributed by atoms with van der Waals surface area (Å²) in [5.41, 5.74) is 0.968. The lowest BCUT2D eigenvalue weighted by Crippen LogP contribution is -2.48. The fourth-order valence-corrected chi connectivity index (χ4v) is 3.18. The summed E-state index contributed by atoms with van der Waals surface area (Å²) in [5, 5.41) is 11.1. The maximum atomic E-state index is 12.7. The Morgan fingerprint density at radius 3 is 2.10 bits per heavy atom. The number of piperazine rings is 1. The van der Waals surface area contributed by atoms with Crippen LogP contribution in [0.25, 0.3) is 0 Å². The smallest absolute Gasteiger partial charge is 0.368 e. The van der Waals surface area contributed by atoms with E-state index in [9.17, 15) is 22.8 Å². The highest BCUT2D eigenvalue weighted by Crippen LogP contribution is 2.30. The number of hydrogen-bond acceptors (Lipinski definition) is 4. The van der Waals surface area contributed by atoms with Crippen molar-refractivity contribution in [3.05, 3.63) is 59.7 Å². The summed E-state index contributed by atoms with van der Waals surface area (Å²) in [6.07, 6.45) is -4.61. The molecule has 30 heavy (non-hydrogen) atoms. The van der Waals surface area contributed by atoms with E-state index in [0.717, 1.165) is 12.1 Å². The summed E-state index contributed by atoms with van der Waals surface area (Å²) in [7, 11) is 0. The van der Waals surface area contributed by atoms with E-state index >= 15 is 0 Å². The van der Waals surface area contributed by atoms with Crippen LogP contribution < -0.4 is 10.2 Å². The van der Waals surface area contributed by atoms with Crippen LogP contribution in [0.1, 0.15) is 22.3 Å². The zero-order valence-electron chi connectivity index (χ0n) is 15.9. The van der Waals surface area contributed by atoms with Crippen LogP contribution in [-0.2, 0) is 11.0 Å². The number of benzene rings is 2. The number of nitriles is 1. The Morgan fingerprint density at radius 1 is 0.967 bits per heavy atom. The van der Waals surface area contributed by atoms with Gasteiger partial charge in [0.15, 0.2) is 0 Å². The maximum absolute atomic E-state index is 12.7. The summed E-state index contributed by atoms with van der Waals surface area (Å²) in [6, 6.07) is 13.2. The largest absolute Gasteiger partial charge is 0.416 e. The van der Waals surface area contributed by atoms with Gasteiger partial charge in [-0.1, -0.05) is 0 Å². The molecule has 156 valence electrons. The average Bonchev–Trinajstić information content (AvgIpc) is 2.73. The first kappa shape index (κ1) is 21.2. The Bertz CT molecular complexity index is 942. The lowest BCUT2D eigenvalue weighted by molar-refractivity contribution is -0.137. The molecule has 1 aliphatic rings. The van der Waals surface area contributed by atoms with Crippen molar-refractivity contribution in [2.24, 2.45) is 0 Å². The van der Waals surface area contributed by atoms with Crippen molar-refractivity contribution in [3.8, 4) is 6.07 Å². The summed E-state index contributed by atoms with van der Waals surface area (Å²) >= 11 is 0. The topological polar surface area (TPSA) is 76.4 Å². The van der Waals surface area contributed by atoms with E-state index in [-0.39, 0.29) is 12.3 Å². The molecule has 0 saturated carbocycles. The molecule has 0 spiro atoms. The first-order chi connectivity index (χ1) is 14.3. The van der Waals surface area contributed by atoms with Crippen LogP contribution in [0.3, 0.4) is 0 Å². The van der Waals surface area contributed by atoms with E-state index < -0.39 is 17.6 Å². The van der Waals surface area contributed by atoms with Gasteiger partial charge in [-0.3, -0.25) is 9.59 Å². The molecule has 1 saturated heterocycles. The van der Waals surface area contributed by atoms with Crippen LogP contribution in [-0.4, -0.2) is 42.9 Å². The van der Waals surface area contributed by atoms with Gasteiger partial charge in [0.05, 0.1) is 11.6 Å². The summed E-state index contributed by atoms with van der Waals surface area (Å²) in [4.78, 5) is 27.7. The van der Waals surface area contributed by atoms with Gasteiger partial charge in [0, 0.05) is 43.1 Å². The van der Waals surface area contributed by atoms with Gasteiger partial charge in [0.2, 0.25) is 5.91 Å². The van der Waals surface area contributed by atoms with Crippen LogP contribution in [0, 0.1) is 11.3 Å². The lowest BCUT2D eigenvalue weighted by Gasteiger charge is -2.36. The predicted molar refractivity (Wildman–Crippen MR) is 105 cm³/mol. The standard InChI is InChI=1S/C21H19F3N4O2/c22-21(23,24)16-3-7-18(8-4-16)27-11-13-28(14-12-27)20(30)15-1-5-17(6-2-15)26-19(29)9-10-25/h1-8H,9,11-14H2,(H,26,29). The summed E-state index contributed by atoms with van der Waals surface area (Å²) in [5.74, 6) is -0.576. The highest BCUT2D eigenvalue weighted by Gasteiger charge is 2.30. The third kappa shape index (κ3) is 5.08. The molecule has 2 amide bonds. The fraction of sp³-hybridized carbons (Fsp3) is 0.286. The molecule has 0 atom stereocenters. The minimum Gasteiger partial charge on any atom is -0.368 e. The normalized spacial score (nSPS) is 14.2. The van der Waals surface area contributed by atoms with Gasteiger partial charge in [0.1, 0.15) is 6.42 Å². The number of halogens is 3. The van der Waals surface area contributed by atoms with E-state index in [2.05, 4.69) is 5.32 Å². The highest BCUT2D eigenvalue weighted by molar-refractivity contribution is 5.96. The average molecular weight is 416 g/mol. The molecule has 0 radical (unpaired) electrons. The zero-order valence-corrected chi connectivity index (χ0v) is 15.9. The quantitative estimate of drug-likeness (QED) is 0.828. The molecule has 0 unspecified atom stereocenters. The number of nitrogens with zero attached hydrogens (tertiary/aromatic N) is 3. The molecule has 0 aliphatic carbocycles. The number of carbonyl (C=O) groups is 2. The highest BCUT2D eigenvalue weighted by atomic mass is 19.4. The first-order valence-electron chi connectivity index (χ1n) is 9.26. The molecule has 1 aliphatic heterocycles. The number of nitrogens with one attached hydrogen (secondary N) is 1. The molecular weight excluding hydrogens is 397 g/mol. The van der Waals surface area contributed by atoms with Gasteiger partial charge >= 0.3 is 6.18 Å². The van der Waals surface area contributed by atoms with Gasteiger partial charge < -0.3 is 15.1 Å². The van der Waals surface area contributed by atoms with Crippen molar-refractivity contribution in [1.29, 1.82) is 5.26 Å².